The van der Waals surface area contributed by atoms with Gasteiger partial charge >= 0.3 is 14.8 Å². The molecule has 0 radical (unpaired) electrons. The molecule has 0 heterocycles. The van der Waals surface area contributed by atoms with Gasteiger partial charge in [0, 0.05) is 11.6 Å². The molecule has 0 atom stereocenters. The number of hydrogen-bond acceptors (Lipinski definition) is 5. The minimum absolute atomic E-state index is 0.288. The summed E-state index contributed by atoms with van der Waals surface area (Å²) in [6, 6.07) is 0.919. The van der Waals surface area contributed by atoms with Crippen LogP contribution in [0, 0.1) is 0 Å². The van der Waals surface area contributed by atoms with E-state index in [2.05, 4.69) is 65.5 Å². The Balaban J connectivity index is 4.63. The number of ether oxygens (including phenoxy) is 1. The lowest BCUT2D eigenvalue weighted by Crippen LogP contribution is -2.60. The third-order valence-electron chi connectivity index (χ3n) is 3.84. The first-order chi connectivity index (χ1) is 13.4. The molecule has 30 heavy (non-hydrogen) atoms. The van der Waals surface area contributed by atoms with E-state index in [4.69, 9.17) is 17.1 Å². The number of rotatable bonds is 16. The van der Waals surface area contributed by atoms with Gasteiger partial charge in [-0.1, -0.05) is 32.3 Å². The van der Waals surface area contributed by atoms with Crippen LogP contribution in [-0.4, -0.2) is 46.3 Å². The maximum absolute atomic E-state index is 11.4. The van der Waals surface area contributed by atoms with Gasteiger partial charge in [0.2, 0.25) is 0 Å². The molecule has 0 aliphatic rings. The van der Waals surface area contributed by atoms with Gasteiger partial charge in [-0.25, -0.2) is 4.79 Å². The zero-order chi connectivity index (χ0) is 23.6. The lowest BCUT2D eigenvalue weighted by molar-refractivity contribution is -0.139. The summed E-state index contributed by atoms with van der Waals surface area (Å²) in [6.45, 7) is 25.9. The first-order valence-corrected chi connectivity index (χ1v) is 23.5. The summed E-state index contributed by atoms with van der Waals surface area (Å²) in [5.74, 6) is -0.288. The molecule has 0 aliphatic heterocycles. The van der Waals surface area contributed by atoms with Crippen LogP contribution in [0.25, 0.3) is 0 Å². The molecular formula is C21H48O5Si4. The molecule has 0 N–H and O–H groups in total. The Labute approximate surface area is 190 Å². The van der Waals surface area contributed by atoms with Crippen molar-refractivity contribution in [2.45, 2.75) is 110 Å². The Hall–Kier alpha value is -0.0425. The first kappa shape index (κ1) is 30.0. The number of esters is 1. The number of carbonyl (C=O) groups is 1. The van der Waals surface area contributed by atoms with Crippen LogP contribution in [0.4, 0.5) is 0 Å². The van der Waals surface area contributed by atoms with E-state index in [1.165, 1.54) is 6.42 Å². The third kappa shape index (κ3) is 16.6. The summed E-state index contributed by atoms with van der Waals surface area (Å²) in [6.07, 6.45) is 6.54. The molecule has 0 fully saturated rings. The molecule has 0 aromatic rings. The monoisotopic (exact) mass is 492 g/mol. The molecule has 0 unspecified atom stereocenters. The standard InChI is InChI=1S/C21H48O5Si4/c1-20(2)21(22)23-18-16-14-12-13-15-17-19-30(24-27(3,4)5,25-28(6,7)8)26-29(9,10)11/h1,12-19H2,2-11H3. The van der Waals surface area contributed by atoms with Crippen LogP contribution in [0.15, 0.2) is 12.2 Å². The second-order valence-electron chi connectivity index (χ2n) is 11.1. The van der Waals surface area contributed by atoms with Crippen molar-refractivity contribution in [2.75, 3.05) is 6.61 Å². The molecule has 178 valence electrons. The minimum Gasteiger partial charge on any atom is -0.462 e. The van der Waals surface area contributed by atoms with Crippen molar-refractivity contribution in [3.05, 3.63) is 12.2 Å². The molecule has 0 amide bonds. The largest absolute Gasteiger partial charge is 0.469 e. The maximum Gasteiger partial charge on any atom is 0.469 e. The molecular weight excluding hydrogens is 445 g/mol. The molecule has 0 saturated carbocycles. The predicted molar refractivity (Wildman–Crippen MR) is 137 cm³/mol. The SMILES string of the molecule is C=C(C)C(=O)OCCCCCCCC[Si](O[Si](C)(C)C)(O[Si](C)(C)C)O[Si](C)(C)C. The fourth-order valence-electron chi connectivity index (χ4n) is 3.05. The smallest absolute Gasteiger partial charge is 0.462 e. The van der Waals surface area contributed by atoms with Crippen molar-refractivity contribution in [1.82, 2.24) is 0 Å². The third-order valence-corrected chi connectivity index (χ3v) is 15.9. The van der Waals surface area contributed by atoms with E-state index in [0.29, 0.717) is 12.2 Å². The van der Waals surface area contributed by atoms with Crippen LogP contribution in [0.3, 0.4) is 0 Å². The van der Waals surface area contributed by atoms with Gasteiger partial charge in [0.25, 0.3) is 0 Å². The minimum atomic E-state index is -2.69. The molecule has 0 aliphatic carbocycles. The maximum atomic E-state index is 11.4. The molecule has 0 rings (SSSR count). The molecule has 0 saturated heterocycles. The molecule has 0 spiro atoms. The Kier molecular flexibility index (Phi) is 12.8. The van der Waals surface area contributed by atoms with E-state index < -0.39 is 33.8 Å². The molecule has 0 bridgehead atoms. The van der Waals surface area contributed by atoms with Gasteiger partial charge in [-0.05, 0) is 78.7 Å². The van der Waals surface area contributed by atoms with Gasteiger partial charge in [0.1, 0.15) is 0 Å². The lowest BCUT2D eigenvalue weighted by Gasteiger charge is -2.43. The van der Waals surface area contributed by atoms with Crippen LogP contribution < -0.4 is 0 Å². The lowest BCUT2D eigenvalue weighted by atomic mass is 10.1. The number of carbonyl (C=O) groups excluding carboxylic acids is 1. The van der Waals surface area contributed by atoms with E-state index in [0.717, 1.165) is 38.1 Å². The summed E-state index contributed by atoms with van der Waals surface area (Å²) in [5.41, 5.74) is 0.462. The highest BCUT2D eigenvalue weighted by Gasteiger charge is 2.49. The van der Waals surface area contributed by atoms with Gasteiger partial charge < -0.3 is 17.1 Å². The van der Waals surface area contributed by atoms with Crippen molar-refractivity contribution in [1.29, 1.82) is 0 Å². The average molecular weight is 493 g/mol. The van der Waals surface area contributed by atoms with E-state index in [1.54, 1.807) is 6.92 Å². The van der Waals surface area contributed by atoms with Gasteiger partial charge in [-0.2, -0.15) is 0 Å². The molecule has 0 aromatic heterocycles. The van der Waals surface area contributed by atoms with Gasteiger partial charge in [-0.3, -0.25) is 0 Å². The highest BCUT2D eigenvalue weighted by atomic mass is 28.5. The summed E-state index contributed by atoms with van der Waals surface area (Å²) in [5, 5.41) is 0. The number of hydrogen-bond donors (Lipinski definition) is 0. The quantitative estimate of drug-likeness (QED) is 0.101. The van der Waals surface area contributed by atoms with Crippen LogP contribution in [0.5, 0.6) is 0 Å². The Morgan fingerprint density at radius 2 is 1.03 bits per heavy atom. The zero-order valence-electron chi connectivity index (χ0n) is 21.4. The zero-order valence-corrected chi connectivity index (χ0v) is 25.4. The van der Waals surface area contributed by atoms with Crippen molar-refractivity contribution < 1.29 is 21.9 Å². The summed E-state index contributed by atoms with van der Waals surface area (Å²) in [4.78, 5) is 11.4. The van der Waals surface area contributed by atoms with Gasteiger partial charge in [0.05, 0.1) is 6.61 Å². The van der Waals surface area contributed by atoms with E-state index in [9.17, 15) is 4.79 Å². The predicted octanol–water partition coefficient (Wildman–Crippen LogP) is 6.94. The Morgan fingerprint density at radius 1 is 0.667 bits per heavy atom. The molecule has 9 heteroatoms. The molecule has 5 nitrogen and oxygen atoms in total. The number of unbranched alkanes of at least 4 members (excludes halogenated alkanes) is 5. The van der Waals surface area contributed by atoms with Crippen molar-refractivity contribution >= 4 is 39.7 Å². The Morgan fingerprint density at radius 3 is 1.40 bits per heavy atom. The highest BCUT2D eigenvalue weighted by molar-refractivity contribution is 6.90. The first-order valence-electron chi connectivity index (χ1n) is 11.4. The van der Waals surface area contributed by atoms with Crippen LogP contribution in [0.1, 0.15) is 45.4 Å². The van der Waals surface area contributed by atoms with Crippen LogP contribution >= 0.6 is 0 Å². The fraction of sp³-hybridized carbons (Fsp3) is 0.857. The summed E-state index contributed by atoms with van der Waals surface area (Å²) >= 11 is 0. The van der Waals surface area contributed by atoms with Gasteiger partial charge in [-0.15, -0.1) is 0 Å². The van der Waals surface area contributed by atoms with Crippen molar-refractivity contribution in [3.8, 4) is 0 Å². The second kappa shape index (κ2) is 12.9. The van der Waals surface area contributed by atoms with E-state index in [-0.39, 0.29) is 5.97 Å². The van der Waals surface area contributed by atoms with E-state index in [1.807, 2.05) is 0 Å². The highest BCUT2D eigenvalue weighted by Crippen LogP contribution is 2.30. The summed E-state index contributed by atoms with van der Waals surface area (Å²) in [7, 11) is -8.06. The topological polar surface area (TPSA) is 54.0 Å². The van der Waals surface area contributed by atoms with Crippen LogP contribution in [0.2, 0.25) is 65.0 Å². The fourth-order valence-corrected chi connectivity index (χ4v) is 17.8. The normalized spacial score (nSPS) is 13.4. The second-order valence-corrected chi connectivity index (χ2v) is 28.1. The average Bonchev–Trinajstić information content (AvgIpc) is 2.47. The Bertz CT molecular complexity index is 492. The molecule has 0 aromatic carbocycles. The van der Waals surface area contributed by atoms with E-state index >= 15 is 0 Å². The van der Waals surface area contributed by atoms with Crippen molar-refractivity contribution in [2.24, 2.45) is 0 Å². The van der Waals surface area contributed by atoms with Crippen molar-refractivity contribution in [3.63, 3.8) is 0 Å². The van der Waals surface area contributed by atoms with Crippen LogP contribution in [-0.2, 0) is 21.9 Å². The summed E-state index contributed by atoms with van der Waals surface area (Å²) < 4.78 is 25.3. The van der Waals surface area contributed by atoms with Gasteiger partial charge in [0.15, 0.2) is 25.0 Å².